The highest BCUT2D eigenvalue weighted by Crippen LogP contribution is 2.20. The van der Waals surface area contributed by atoms with Crippen molar-refractivity contribution in [2.75, 3.05) is 36.4 Å². The van der Waals surface area contributed by atoms with Gasteiger partial charge in [-0.05, 0) is 38.1 Å². The predicted octanol–water partition coefficient (Wildman–Crippen LogP) is 4.34. The van der Waals surface area contributed by atoms with E-state index in [4.69, 9.17) is 0 Å². The number of hydrogen-bond donors (Lipinski definition) is 1. The summed E-state index contributed by atoms with van der Waals surface area (Å²) < 4.78 is 13.7. The topological polar surface area (TPSA) is 61.4 Å². The maximum atomic E-state index is 13.7. The molecule has 1 amide bonds. The molecular weight excluding hydrogens is 405 g/mol. The first-order chi connectivity index (χ1) is 15.5. The number of halogens is 1. The normalized spacial score (nSPS) is 14.1. The van der Waals surface area contributed by atoms with Gasteiger partial charge in [-0.15, -0.1) is 0 Å². The molecule has 1 aliphatic rings. The van der Waals surface area contributed by atoms with E-state index in [1.165, 1.54) is 23.8 Å². The Balaban J connectivity index is 1.38. The monoisotopic (exact) mass is 431 g/mol. The number of anilines is 3. The number of rotatable bonds is 5. The van der Waals surface area contributed by atoms with Crippen LogP contribution in [0.3, 0.4) is 0 Å². The molecular formula is C25H26FN5O. The van der Waals surface area contributed by atoms with Gasteiger partial charge in [0.2, 0.25) is 11.9 Å². The molecule has 6 nitrogen and oxygen atoms in total. The summed E-state index contributed by atoms with van der Waals surface area (Å²) in [5.41, 5.74) is 3.44. The number of nitrogens with zero attached hydrogens (tertiary/aromatic N) is 4. The van der Waals surface area contributed by atoms with Crippen molar-refractivity contribution in [3.8, 4) is 0 Å². The number of amides is 1. The number of piperazine rings is 1. The second-order valence-corrected chi connectivity index (χ2v) is 7.85. The van der Waals surface area contributed by atoms with Gasteiger partial charge in [-0.3, -0.25) is 4.79 Å². The summed E-state index contributed by atoms with van der Waals surface area (Å²) in [4.78, 5) is 25.6. The first-order valence-corrected chi connectivity index (χ1v) is 10.6. The Kier molecular flexibility index (Phi) is 6.44. The Morgan fingerprint density at radius 2 is 1.72 bits per heavy atom. The van der Waals surface area contributed by atoms with Gasteiger partial charge in [0.25, 0.3) is 0 Å². The summed E-state index contributed by atoms with van der Waals surface area (Å²) in [5, 5.41) is 3.33. The quantitative estimate of drug-likeness (QED) is 0.609. The summed E-state index contributed by atoms with van der Waals surface area (Å²) in [6.45, 7) is 6.37. The number of carbonyl (C=O) groups is 1. The van der Waals surface area contributed by atoms with Gasteiger partial charge in [0.1, 0.15) is 11.6 Å². The van der Waals surface area contributed by atoms with Crippen LogP contribution in [-0.4, -0.2) is 47.0 Å². The maximum absolute atomic E-state index is 13.7. The van der Waals surface area contributed by atoms with Crippen LogP contribution in [-0.2, 0) is 4.79 Å². The van der Waals surface area contributed by atoms with E-state index in [2.05, 4.69) is 27.1 Å². The van der Waals surface area contributed by atoms with Crippen molar-refractivity contribution in [1.29, 1.82) is 0 Å². The number of benzene rings is 2. The third-order valence-corrected chi connectivity index (χ3v) is 5.35. The summed E-state index contributed by atoms with van der Waals surface area (Å²) in [6.07, 6.45) is 2.96. The second-order valence-electron chi connectivity index (χ2n) is 7.85. The minimum atomic E-state index is -0.340. The van der Waals surface area contributed by atoms with E-state index in [-0.39, 0.29) is 11.7 Å². The molecule has 7 heteroatoms. The van der Waals surface area contributed by atoms with Crippen molar-refractivity contribution in [2.45, 2.75) is 13.8 Å². The zero-order valence-electron chi connectivity index (χ0n) is 18.3. The lowest BCUT2D eigenvalue weighted by atomic mass is 10.2. The van der Waals surface area contributed by atoms with E-state index in [0.29, 0.717) is 37.7 Å². The van der Waals surface area contributed by atoms with Gasteiger partial charge in [-0.2, -0.15) is 4.98 Å². The highest BCUT2D eigenvalue weighted by Gasteiger charge is 2.22. The SMILES string of the molecule is Cc1ccc(Nc2cc(C)nc(N3CCN(C(=O)/C=C/c4ccccc4F)CC3)n2)cc1. The molecule has 1 saturated heterocycles. The summed E-state index contributed by atoms with van der Waals surface area (Å²) >= 11 is 0. The number of hydrogen-bond acceptors (Lipinski definition) is 5. The average molecular weight is 432 g/mol. The van der Waals surface area contributed by atoms with Crippen LogP contribution in [0.25, 0.3) is 6.08 Å². The molecule has 1 aliphatic heterocycles. The van der Waals surface area contributed by atoms with Crippen LogP contribution in [0.1, 0.15) is 16.8 Å². The lowest BCUT2D eigenvalue weighted by molar-refractivity contribution is -0.126. The molecule has 0 bridgehead atoms. The number of aryl methyl sites for hydroxylation is 2. The van der Waals surface area contributed by atoms with Crippen LogP contribution in [0.5, 0.6) is 0 Å². The molecule has 2 heterocycles. The predicted molar refractivity (Wildman–Crippen MR) is 125 cm³/mol. The standard InChI is InChI=1S/C25H26FN5O/c1-18-7-10-21(11-8-18)28-23-17-19(2)27-25(29-23)31-15-13-30(14-16-31)24(32)12-9-20-5-3-4-6-22(20)26/h3-12,17H,13-16H2,1-2H3,(H,27,28,29)/b12-9+. The van der Waals surface area contributed by atoms with E-state index in [0.717, 1.165) is 17.2 Å². The van der Waals surface area contributed by atoms with Crippen LogP contribution in [0.2, 0.25) is 0 Å². The fourth-order valence-corrected chi connectivity index (χ4v) is 3.55. The Labute approximate surface area is 187 Å². The first kappa shape index (κ1) is 21.5. The molecule has 0 atom stereocenters. The number of carbonyl (C=O) groups excluding carboxylic acids is 1. The van der Waals surface area contributed by atoms with Crippen LogP contribution < -0.4 is 10.2 Å². The molecule has 0 radical (unpaired) electrons. The first-order valence-electron chi connectivity index (χ1n) is 10.6. The summed E-state index contributed by atoms with van der Waals surface area (Å²) in [7, 11) is 0. The van der Waals surface area contributed by atoms with Gasteiger partial charge < -0.3 is 15.1 Å². The van der Waals surface area contributed by atoms with Crippen molar-refractivity contribution in [1.82, 2.24) is 14.9 Å². The minimum Gasteiger partial charge on any atom is -0.340 e. The highest BCUT2D eigenvalue weighted by molar-refractivity contribution is 5.92. The molecule has 0 spiro atoms. The molecule has 32 heavy (non-hydrogen) atoms. The number of aromatic nitrogens is 2. The Morgan fingerprint density at radius 1 is 1.00 bits per heavy atom. The van der Waals surface area contributed by atoms with Gasteiger partial charge in [-0.25, -0.2) is 9.37 Å². The lowest BCUT2D eigenvalue weighted by Gasteiger charge is -2.34. The number of nitrogens with one attached hydrogen (secondary N) is 1. The third-order valence-electron chi connectivity index (χ3n) is 5.35. The third kappa shape index (κ3) is 5.29. The van der Waals surface area contributed by atoms with E-state index < -0.39 is 0 Å². The molecule has 0 unspecified atom stereocenters. The van der Waals surface area contributed by atoms with E-state index >= 15 is 0 Å². The molecule has 0 saturated carbocycles. The minimum absolute atomic E-state index is 0.125. The fraction of sp³-hybridized carbons (Fsp3) is 0.240. The van der Waals surface area contributed by atoms with Gasteiger partial charge in [0, 0.05) is 55.3 Å². The molecule has 164 valence electrons. The molecule has 3 aromatic rings. The second kappa shape index (κ2) is 9.60. The zero-order valence-corrected chi connectivity index (χ0v) is 18.3. The lowest BCUT2D eigenvalue weighted by Crippen LogP contribution is -2.48. The summed E-state index contributed by atoms with van der Waals surface area (Å²) in [5.74, 6) is 0.920. The van der Waals surface area contributed by atoms with Crippen molar-refractivity contribution in [3.63, 3.8) is 0 Å². The average Bonchev–Trinajstić information content (AvgIpc) is 2.79. The Morgan fingerprint density at radius 3 is 2.44 bits per heavy atom. The molecule has 1 N–H and O–H groups in total. The fourth-order valence-electron chi connectivity index (χ4n) is 3.55. The van der Waals surface area contributed by atoms with Gasteiger partial charge in [-0.1, -0.05) is 35.9 Å². The van der Waals surface area contributed by atoms with E-state index in [9.17, 15) is 9.18 Å². The van der Waals surface area contributed by atoms with Crippen LogP contribution in [0.15, 0.2) is 60.7 Å². The molecule has 1 aromatic heterocycles. The summed E-state index contributed by atoms with van der Waals surface area (Å²) in [6, 6.07) is 16.5. The largest absolute Gasteiger partial charge is 0.340 e. The highest BCUT2D eigenvalue weighted by atomic mass is 19.1. The maximum Gasteiger partial charge on any atom is 0.246 e. The van der Waals surface area contributed by atoms with Crippen LogP contribution in [0.4, 0.5) is 21.8 Å². The Bertz CT molecular complexity index is 1120. The van der Waals surface area contributed by atoms with Gasteiger partial charge >= 0.3 is 0 Å². The van der Waals surface area contributed by atoms with Gasteiger partial charge in [0.15, 0.2) is 0 Å². The van der Waals surface area contributed by atoms with Crippen molar-refractivity contribution in [2.24, 2.45) is 0 Å². The zero-order chi connectivity index (χ0) is 22.5. The Hall–Kier alpha value is -3.74. The molecule has 2 aromatic carbocycles. The van der Waals surface area contributed by atoms with Crippen LogP contribution >= 0.6 is 0 Å². The van der Waals surface area contributed by atoms with Crippen LogP contribution in [0, 0.1) is 19.7 Å². The molecule has 1 fully saturated rings. The smallest absolute Gasteiger partial charge is 0.246 e. The van der Waals surface area contributed by atoms with E-state index in [1.807, 2.05) is 37.3 Å². The van der Waals surface area contributed by atoms with Crippen molar-refractivity contribution < 1.29 is 9.18 Å². The van der Waals surface area contributed by atoms with Crippen molar-refractivity contribution in [3.05, 3.63) is 83.3 Å². The van der Waals surface area contributed by atoms with Crippen molar-refractivity contribution >= 4 is 29.4 Å². The molecule has 4 rings (SSSR count). The molecule has 0 aliphatic carbocycles. The van der Waals surface area contributed by atoms with E-state index in [1.54, 1.807) is 23.1 Å². The van der Waals surface area contributed by atoms with Gasteiger partial charge in [0.05, 0.1) is 0 Å².